The maximum Gasteiger partial charge on any atom is 0.328 e. The number of hydrogen-bond acceptors (Lipinski definition) is 7. The van der Waals surface area contributed by atoms with Crippen molar-refractivity contribution in [3.8, 4) is 0 Å². The number of nitrogens with one attached hydrogen (secondary N) is 3. The minimum absolute atomic E-state index is 0.00554. The fourth-order valence-electron chi connectivity index (χ4n) is 2.06. The number of amides is 3. The lowest BCUT2D eigenvalue weighted by atomic mass is 10.1. The number of aliphatic hydroxyl groups excluding tert-OH is 2. The minimum atomic E-state index is -1.63. The minimum Gasteiger partial charge on any atom is -0.480 e. The lowest BCUT2D eigenvalue weighted by Gasteiger charge is -2.20. The maximum absolute atomic E-state index is 12.8. The average molecular weight is 775 g/mol. The quantitative estimate of drug-likeness (QED) is 0.166. The Morgan fingerprint density at radius 2 is 1.45 bits per heavy atom. The fourth-order valence-corrected chi connectivity index (χ4v) is 6.48. The van der Waals surface area contributed by atoms with Crippen molar-refractivity contribution in [2.75, 3.05) is 18.5 Å². The number of anilines is 1. The van der Waals surface area contributed by atoms with Gasteiger partial charge in [0.15, 0.2) is 6.04 Å². The highest BCUT2D eigenvalue weighted by atomic mass is 127. The van der Waals surface area contributed by atoms with Gasteiger partial charge in [-0.15, -0.1) is 0 Å². The van der Waals surface area contributed by atoms with E-state index in [9.17, 15) is 29.1 Å². The van der Waals surface area contributed by atoms with E-state index in [2.05, 4.69) is 16.0 Å². The van der Waals surface area contributed by atoms with Gasteiger partial charge in [-0.05, 0) is 74.7 Å². The number of halogens is 3. The van der Waals surface area contributed by atoms with Crippen LogP contribution in [0.1, 0.15) is 27.6 Å². The number of aliphatic carboxylic acids is 2. The van der Waals surface area contributed by atoms with Gasteiger partial charge in [0.2, 0.25) is 0 Å². The molecule has 15 heteroatoms. The molecule has 0 saturated carbocycles. The summed E-state index contributed by atoms with van der Waals surface area (Å²) in [4.78, 5) is 59.4. The SMILES string of the molecule is CC(O)C(=O)Nc1c(I)c(C(=O)NCC(=O)O)c(I)c(C(=O)NC(CO)C(=O)O)c1I. The summed E-state index contributed by atoms with van der Waals surface area (Å²) in [7, 11) is 0. The summed E-state index contributed by atoms with van der Waals surface area (Å²) in [6.45, 7) is -0.399. The molecule has 0 aliphatic heterocycles. The van der Waals surface area contributed by atoms with Gasteiger partial charge in [0, 0.05) is 3.57 Å². The Bertz CT molecular complexity index is 937. The Morgan fingerprint density at radius 1 is 0.935 bits per heavy atom. The van der Waals surface area contributed by atoms with Crippen molar-refractivity contribution >= 4 is 103 Å². The number of aliphatic hydroxyl groups is 2. The molecule has 0 fully saturated rings. The van der Waals surface area contributed by atoms with E-state index in [0.29, 0.717) is 0 Å². The summed E-state index contributed by atoms with van der Waals surface area (Å²) < 4.78 is 0.357. The number of rotatable bonds is 9. The highest BCUT2D eigenvalue weighted by Gasteiger charge is 2.31. The molecule has 1 aromatic rings. The molecule has 1 aromatic carbocycles. The number of carboxylic acids is 2. The van der Waals surface area contributed by atoms with E-state index in [4.69, 9.17) is 15.3 Å². The molecule has 0 bridgehead atoms. The summed E-state index contributed by atoms with van der Waals surface area (Å²) >= 11 is 5.10. The van der Waals surface area contributed by atoms with Gasteiger partial charge in [0.1, 0.15) is 12.6 Å². The summed E-state index contributed by atoms with van der Waals surface area (Å²) in [5.74, 6) is -5.44. The number of hydrogen-bond donors (Lipinski definition) is 7. The van der Waals surface area contributed by atoms with E-state index in [1.165, 1.54) is 6.92 Å². The first-order valence-electron chi connectivity index (χ1n) is 8.17. The van der Waals surface area contributed by atoms with Crippen molar-refractivity contribution < 1.29 is 44.4 Å². The summed E-state index contributed by atoms with van der Waals surface area (Å²) in [5.41, 5.74) is -0.318. The van der Waals surface area contributed by atoms with Crippen LogP contribution in [0.2, 0.25) is 0 Å². The van der Waals surface area contributed by atoms with Gasteiger partial charge in [-0.1, -0.05) is 0 Å². The lowest BCUT2D eigenvalue weighted by molar-refractivity contribution is -0.140. The van der Waals surface area contributed by atoms with E-state index in [-0.39, 0.29) is 27.5 Å². The molecule has 0 aromatic heterocycles. The zero-order valence-corrected chi connectivity index (χ0v) is 22.0. The molecule has 3 amide bonds. The topological polar surface area (TPSA) is 202 Å². The Hall–Kier alpha value is -1.32. The predicted octanol–water partition coefficient (Wildman–Crippen LogP) is -0.191. The first kappa shape index (κ1) is 27.7. The van der Waals surface area contributed by atoms with Gasteiger partial charge in [-0.3, -0.25) is 19.2 Å². The van der Waals surface area contributed by atoms with E-state index >= 15 is 0 Å². The first-order chi connectivity index (χ1) is 14.3. The molecule has 0 heterocycles. The van der Waals surface area contributed by atoms with Crippen LogP contribution in [0.5, 0.6) is 0 Å². The van der Waals surface area contributed by atoms with Crippen LogP contribution in [0, 0.1) is 10.7 Å². The Morgan fingerprint density at radius 3 is 1.87 bits per heavy atom. The molecule has 1 rings (SSSR count). The molecular formula is C16H16I3N3O9. The van der Waals surface area contributed by atoms with E-state index < -0.39 is 55.0 Å². The van der Waals surface area contributed by atoms with Gasteiger partial charge in [-0.2, -0.15) is 0 Å². The zero-order valence-electron chi connectivity index (χ0n) is 15.5. The Kier molecular flexibility index (Phi) is 10.8. The van der Waals surface area contributed by atoms with Crippen LogP contribution in [-0.2, 0) is 14.4 Å². The Labute approximate surface area is 216 Å². The molecular weight excluding hydrogens is 759 g/mol. The number of benzene rings is 1. The van der Waals surface area contributed by atoms with Crippen LogP contribution in [0.25, 0.3) is 0 Å². The largest absolute Gasteiger partial charge is 0.480 e. The second-order valence-corrected chi connectivity index (χ2v) is 9.09. The van der Waals surface area contributed by atoms with Crippen LogP contribution in [0.15, 0.2) is 0 Å². The standard InChI is InChI=1S/C16H16I3N3O9/c1-4(24)13(27)22-12-10(18)7(14(28)20-2-6(25)26)9(17)8(11(12)19)15(29)21-5(3-23)16(30)31/h4-5,23-24H,2-3H2,1H3,(H,20,28)(H,21,29)(H,22,27)(H,25,26)(H,30,31). The van der Waals surface area contributed by atoms with Gasteiger partial charge >= 0.3 is 11.9 Å². The molecule has 0 radical (unpaired) electrons. The predicted molar refractivity (Wildman–Crippen MR) is 131 cm³/mol. The third kappa shape index (κ3) is 7.08. The zero-order chi connectivity index (χ0) is 24.0. The van der Waals surface area contributed by atoms with E-state index in [1.54, 1.807) is 67.8 Å². The molecule has 31 heavy (non-hydrogen) atoms. The molecule has 12 nitrogen and oxygen atoms in total. The van der Waals surface area contributed by atoms with Gasteiger partial charge in [-0.25, -0.2) is 4.79 Å². The maximum atomic E-state index is 12.8. The van der Waals surface area contributed by atoms with E-state index in [1.807, 2.05) is 0 Å². The van der Waals surface area contributed by atoms with Crippen LogP contribution < -0.4 is 16.0 Å². The summed E-state index contributed by atoms with van der Waals surface area (Å²) in [6, 6.07) is -1.63. The van der Waals surface area contributed by atoms with Crippen LogP contribution in [0.4, 0.5) is 5.69 Å². The van der Waals surface area contributed by atoms with Crippen LogP contribution >= 0.6 is 67.8 Å². The highest BCUT2D eigenvalue weighted by Crippen LogP contribution is 2.36. The van der Waals surface area contributed by atoms with Crippen LogP contribution in [0.3, 0.4) is 0 Å². The van der Waals surface area contributed by atoms with Crippen molar-refractivity contribution in [2.45, 2.75) is 19.1 Å². The summed E-state index contributed by atoms with van der Waals surface area (Å²) in [6.07, 6.45) is -1.42. The van der Waals surface area contributed by atoms with Crippen molar-refractivity contribution in [1.29, 1.82) is 0 Å². The number of carbonyl (C=O) groups is 5. The Balaban J connectivity index is 3.67. The van der Waals surface area contributed by atoms with Crippen molar-refractivity contribution in [1.82, 2.24) is 10.6 Å². The number of carbonyl (C=O) groups excluding carboxylic acids is 3. The summed E-state index contributed by atoms with van der Waals surface area (Å²) in [5, 5.41) is 43.2. The third-order valence-corrected chi connectivity index (χ3v) is 6.82. The molecule has 0 spiro atoms. The van der Waals surface area contributed by atoms with Gasteiger partial charge in [0.05, 0.1) is 30.6 Å². The smallest absolute Gasteiger partial charge is 0.328 e. The van der Waals surface area contributed by atoms with Crippen molar-refractivity contribution in [3.63, 3.8) is 0 Å². The molecule has 0 saturated heterocycles. The van der Waals surface area contributed by atoms with Gasteiger partial charge < -0.3 is 36.4 Å². The second-order valence-electron chi connectivity index (χ2n) is 5.86. The highest BCUT2D eigenvalue weighted by molar-refractivity contribution is 14.1. The molecule has 2 unspecified atom stereocenters. The fraction of sp³-hybridized carbons (Fsp3) is 0.312. The van der Waals surface area contributed by atoms with E-state index in [0.717, 1.165) is 0 Å². The molecule has 0 aliphatic rings. The third-order valence-electron chi connectivity index (χ3n) is 3.58. The lowest BCUT2D eigenvalue weighted by Crippen LogP contribution is -2.44. The second kappa shape index (κ2) is 12.1. The van der Waals surface area contributed by atoms with Crippen molar-refractivity contribution in [3.05, 3.63) is 21.8 Å². The molecule has 2 atom stereocenters. The van der Waals surface area contributed by atoms with Crippen molar-refractivity contribution in [2.24, 2.45) is 0 Å². The average Bonchev–Trinajstić information content (AvgIpc) is 2.67. The van der Waals surface area contributed by atoms with Crippen LogP contribution in [-0.4, -0.2) is 75.4 Å². The first-order valence-corrected chi connectivity index (χ1v) is 11.4. The molecule has 170 valence electrons. The number of carboxylic acid groups (broad SMARTS) is 2. The molecule has 0 aliphatic carbocycles. The monoisotopic (exact) mass is 775 g/mol. The molecule has 7 N–H and O–H groups in total. The normalized spacial score (nSPS) is 12.5. The van der Waals surface area contributed by atoms with Gasteiger partial charge in [0.25, 0.3) is 17.7 Å².